The summed E-state index contributed by atoms with van der Waals surface area (Å²) in [4.78, 5) is 19.4. The van der Waals surface area contributed by atoms with Crippen LogP contribution in [-0.4, -0.2) is 34.6 Å². The highest BCUT2D eigenvalue weighted by atomic mass is 19.1. The maximum absolute atomic E-state index is 13.4. The lowest BCUT2D eigenvalue weighted by atomic mass is 10.0. The van der Waals surface area contributed by atoms with Crippen LogP contribution < -0.4 is 15.8 Å². The SMILES string of the molecule is CC1(C)CN(c2ccc3cc(-c4cn5cc(F)ccc5n4)c(=O)oc3c2)CCN1. The molecule has 0 aliphatic carbocycles. The summed E-state index contributed by atoms with van der Waals surface area (Å²) >= 11 is 0. The first-order valence-corrected chi connectivity index (χ1v) is 9.61. The van der Waals surface area contributed by atoms with Gasteiger partial charge in [-0.2, -0.15) is 0 Å². The number of aromatic nitrogens is 2. The number of halogens is 1. The number of benzene rings is 1. The normalized spacial score (nSPS) is 16.6. The van der Waals surface area contributed by atoms with Gasteiger partial charge in [-0.05, 0) is 44.2 Å². The summed E-state index contributed by atoms with van der Waals surface area (Å²) < 4.78 is 20.6. The van der Waals surface area contributed by atoms with Crippen molar-refractivity contribution in [2.24, 2.45) is 0 Å². The van der Waals surface area contributed by atoms with Crippen molar-refractivity contribution in [1.29, 1.82) is 0 Å². The van der Waals surface area contributed by atoms with Crippen molar-refractivity contribution in [3.05, 3.63) is 65.0 Å². The first-order chi connectivity index (χ1) is 13.9. The molecular weight excluding hydrogens is 371 g/mol. The monoisotopic (exact) mass is 392 g/mol. The molecule has 0 unspecified atom stereocenters. The van der Waals surface area contributed by atoms with Crippen molar-refractivity contribution in [3.8, 4) is 11.3 Å². The molecule has 7 heteroatoms. The van der Waals surface area contributed by atoms with E-state index in [9.17, 15) is 9.18 Å². The fourth-order valence-electron chi connectivity index (χ4n) is 3.93. The summed E-state index contributed by atoms with van der Waals surface area (Å²) in [6.07, 6.45) is 2.96. The van der Waals surface area contributed by atoms with Crippen LogP contribution in [0.4, 0.5) is 10.1 Å². The molecule has 1 N–H and O–H groups in total. The van der Waals surface area contributed by atoms with Crippen molar-refractivity contribution >= 4 is 22.3 Å². The molecule has 3 aromatic heterocycles. The summed E-state index contributed by atoms with van der Waals surface area (Å²) in [5.74, 6) is -0.365. The fourth-order valence-corrected chi connectivity index (χ4v) is 3.93. The molecule has 1 saturated heterocycles. The molecule has 0 amide bonds. The Morgan fingerprint density at radius 1 is 1.17 bits per heavy atom. The molecule has 1 fully saturated rings. The zero-order chi connectivity index (χ0) is 20.2. The molecule has 1 aliphatic rings. The lowest BCUT2D eigenvalue weighted by Gasteiger charge is -2.40. The Hall–Kier alpha value is -3.19. The van der Waals surface area contributed by atoms with Crippen molar-refractivity contribution in [2.75, 3.05) is 24.5 Å². The minimum atomic E-state index is -0.459. The standard InChI is InChI=1S/C22H21FN4O2/c1-22(2)13-26(8-7-24-22)16-5-3-14-9-17(21(28)29-19(14)10-16)18-12-27-11-15(23)4-6-20(27)25-18/h3-6,9-12,24H,7-8,13H2,1-2H3. The topological polar surface area (TPSA) is 62.8 Å². The Kier molecular flexibility index (Phi) is 3.96. The van der Waals surface area contributed by atoms with E-state index in [0.29, 0.717) is 22.5 Å². The van der Waals surface area contributed by atoms with E-state index < -0.39 is 5.63 Å². The Balaban J connectivity index is 1.55. The first-order valence-electron chi connectivity index (χ1n) is 9.61. The minimum absolute atomic E-state index is 0.0283. The molecule has 4 aromatic rings. The van der Waals surface area contributed by atoms with Crippen LogP contribution >= 0.6 is 0 Å². The van der Waals surface area contributed by atoms with Gasteiger partial charge < -0.3 is 19.0 Å². The van der Waals surface area contributed by atoms with Crippen LogP contribution in [0.2, 0.25) is 0 Å². The molecule has 6 nitrogen and oxygen atoms in total. The third-order valence-corrected chi connectivity index (χ3v) is 5.35. The molecule has 148 valence electrons. The van der Waals surface area contributed by atoms with Crippen LogP contribution in [0.15, 0.2) is 58.0 Å². The lowest BCUT2D eigenvalue weighted by molar-refractivity contribution is 0.353. The molecule has 0 spiro atoms. The molecular formula is C22H21FN4O2. The quantitative estimate of drug-likeness (QED) is 0.530. The second-order valence-corrected chi connectivity index (χ2v) is 8.14. The highest BCUT2D eigenvalue weighted by Crippen LogP contribution is 2.27. The predicted molar refractivity (Wildman–Crippen MR) is 111 cm³/mol. The molecule has 5 rings (SSSR count). The number of nitrogens with one attached hydrogen (secondary N) is 1. The highest BCUT2D eigenvalue weighted by Gasteiger charge is 2.26. The molecule has 0 saturated carbocycles. The van der Waals surface area contributed by atoms with Crippen LogP contribution in [0.3, 0.4) is 0 Å². The number of anilines is 1. The van der Waals surface area contributed by atoms with Crippen LogP contribution in [0.5, 0.6) is 0 Å². The van der Waals surface area contributed by atoms with Gasteiger partial charge in [0.2, 0.25) is 0 Å². The molecule has 0 bridgehead atoms. The van der Waals surface area contributed by atoms with Crippen molar-refractivity contribution in [1.82, 2.24) is 14.7 Å². The maximum Gasteiger partial charge on any atom is 0.345 e. The van der Waals surface area contributed by atoms with Crippen molar-refractivity contribution in [2.45, 2.75) is 19.4 Å². The summed E-state index contributed by atoms with van der Waals surface area (Å²) in [7, 11) is 0. The summed E-state index contributed by atoms with van der Waals surface area (Å²) in [5.41, 5.74) is 2.53. The van der Waals surface area contributed by atoms with E-state index >= 15 is 0 Å². The lowest BCUT2D eigenvalue weighted by Crippen LogP contribution is -2.57. The summed E-state index contributed by atoms with van der Waals surface area (Å²) in [6, 6.07) is 10.6. The Morgan fingerprint density at radius 2 is 2.03 bits per heavy atom. The van der Waals surface area contributed by atoms with Crippen LogP contribution in [0.25, 0.3) is 27.9 Å². The van der Waals surface area contributed by atoms with Gasteiger partial charge in [0.05, 0.1) is 11.3 Å². The molecule has 0 atom stereocenters. The first kappa shape index (κ1) is 17.9. The van der Waals surface area contributed by atoms with Gasteiger partial charge >= 0.3 is 5.63 Å². The van der Waals surface area contributed by atoms with Crippen LogP contribution in [0.1, 0.15) is 13.8 Å². The molecule has 1 aromatic carbocycles. The van der Waals surface area contributed by atoms with Crippen molar-refractivity contribution < 1.29 is 8.81 Å². The minimum Gasteiger partial charge on any atom is -0.422 e. The van der Waals surface area contributed by atoms with E-state index in [1.807, 2.05) is 18.2 Å². The van der Waals surface area contributed by atoms with Gasteiger partial charge in [-0.1, -0.05) is 0 Å². The summed E-state index contributed by atoms with van der Waals surface area (Å²) in [5, 5.41) is 4.32. The van der Waals surface area contributed by atoms with Gasteiger partial charge in [0, 0.05) is 54.7 Å². The number of nitrogens with zero attached hydrogens (tertiary/aromatic N) is 3. The maximum atomic E-state index is 13.4. The van der Waals surface area contributed by atoms with Gasteiger partial charge in [0.25, 0.3) is 0 Å². The van der Waals surface area contributed by atoms with E-state index in [0.717, 1.165) is 30.7 Å². The van der Waals surface area contributed by atoms with E-state index in [2.05, 4.69) is 29.0 Å². The Morgan fingerprint density at radius 3 is 2.86 bits per heavy atom. The van der Waals surface area contributed by atoms with E-state index in [-0.39, 0.29) is 11.4 Å². The van der Waals surface area contributed by atoms with Gasteiger partial charge in [0.1, 0.15) is 17.0 Å². The third kappa shape index (κ3) is 3.27. The van der Waals surface area contributed by atoms with Crippen LogP contribution in [-0.2, 0) is 0 Å². The highest BCUT2D eigenvalue weighted by molar-refractivity contribution is 5.84. The van der Waals surface area contributed by atoms with Gasteiger partial charge in [0.15, 0.2) is 0 Å². The molecule has 29 heavy (non-hydrogen) atoms. The average Bonchev–Trinajstić information content (AvgIpc) is 3.09. The average molecular weight is 392 g/mol. The zero-order valence-electron chi connectivity index (χ0n) is 16.3. The van der Waals surface area contributed by atoms with E-state index in [1.165, 1.54) is 12.3 Å². The second kappa shape index (κ2) is 6.42. The number of rotatable bonds is 2. The van der Waals surface area contributed by atoms with Crippen LogP contribution in [0, 0.1) is 5.82 Å². The van der Waals surface area contributed by atoms with Gasteiger partial charge in [-0.25, -0.2) is 14.2 Å². The number of piperazine rings is 1. The zero-order valence-corrected chi connectivity index (χ0v) is 16.3. The number of pyridine rings is 1. The number of hydrogen-bond acceptors (Lipinski definition) is 5. The molecule has 1 aliphatic heterocycles. The predicted octanol–water partition coefficient (Wildman–Crippen LogP) is 3.44. The van der Waals surface area contributed by atoms with Gasteiger partial charge in [-0.3, -0.25) is 0 Å². The Bertz CT molecular complexity index is 1290. The second-order valence-electron chi connectivity index (χ2n) is 8.14. The number of imidazole rings is 1. The summed E-state index contributed by atoms with van der Waals surface area (Å²) in [6.45, 7) is 7.02. The molecule has 0 radical (unpaired) electrons. The smallest absolute Gasteiger partial charge is 0.345 e. The van der Waals surface area contributed by atoms with Crippen molar-refractivity contribution in [3.63, 3.8) is 0 Å². The van der Waals surface area contributed by atoms with Gasteiger partial charge in [-0.15, -0.1) is 0 Å². The number of fused-ring (bicyclic) bond motifs is 2. The Labute approximate surface area is 166 Å². The third-order valence-electron chi connectivity index (χ3n) is 5.35. The fraction of sp³-hybridized carbons (Fsp3) is 0.273. The number of hydrogen-bond donors (Lipinski definition) is 1. The van der Waals surface area contributed by atoms with E-state index in [4.69, 9.17) is 4.42 Å². The van der Waals surface area contributed by atoms with E-state index in [1.54, 1.807) is 22.7 Å². The molecule has 4 heterocycles. The largest absolute Gasteiger partial charge is 0.422 e.